The van der Waals surface area contributed by atoms with Crippen LogP contribution in [-0.2, 0) is 4.79 Å². The molecule has 9 nitrogen and oxygen atoms in total. The molecule has 35 heavy (non-hydrogen) atoms. The van der Waals surface area contributed by atoms with Crippen molar-refractivity contribution in [3.05, 3.63) is 54.4 Å². The summed E-state index contributed by atoms with van der Waals surface area (Å²) in [5.74, 6) is 2.21. The summed E-state index contributed by atoms with van der Waals surface area (Å²) in [5, 5.41) is 16.8. The molecule has 0 spiro atoms. The highest BCUT2D eigenvalue weighted by Gasteiger charge is 2.32. The molecule has 5 rings (SSSR count). The summed E-state index contributed by atoms with van der Waals surface area (Å²) < 4.78 is 11.9. The lowest BCUT2D eigenvalue weighted by Gasteiger charge is -2.37. The van der Waals surface area contributed by atoms with Crippen LogP contribution < -0.4 is 9.47 Å². The van der Waals surface area contributed by atoms with E-state index in [1.807, 2.05) is 30.3 Å². The molecule has 1 aromatic carbocycles. The first kappa shape index (κ1) is 23.3. The number of piperazine rings is 1. The number of carbonyl (C=O) groups excluding carboxylic acids is 1. The maximum Gasteiger partial charge on any atom is 0.254 e. The number of hydrogen-bond donors (Lipinski definition) is 2. The number of pyridine rings is 1. The third kappa shape index (κ3) is 5.31. The normalized spacial score (nSPS) is 18.3. The first-order valence-electron chi connectivity index (χ1n) is 12.0. The van der Waals surface area contributed by atoms with Crippen LogP contribution in [0.1, 0.15) is 31.7 Å². The second-order valence-corrected chi connectivity index (χ2v) is 9.65. The van der Waals surface area contributed by atoms with Gasteiger partial charge < -0.3 is 19.5 Å². The van der Waals surface area contributed by atoms with Crippen LogP contribution in [0.15, 0.2) is 48.8 Å². The van der Waals surface area contributed by atoms with Crippen molar-refractivity contribution in [2.45, 2.75) is 31.8 Å². The van der Waals surface area contributed by atoms with E-state index in [1.165, 1.54) is 5.56 Å². The number of H-pyrrole nitrogens is 1. The molecule has 0 saturated carbocycles. The topological polar surface area (TPSA) is 104 Å². The van der Waals surface area contributed by atoms with Gasteiger partial charge in [-0.15, -0.1) is 0 Å². The van der Waals surface area contributed by atoms with Crippen LogP contribution in [0.2, 0.25) is 0 Å². The van der Waals surface area contributed by atoms with Gasteiger partial charge in [0.15, 0.2) is 0 Å². The summed E-state index contributed by atoms with van der Waals surface area (Å²) in [6.45, 7) is 7.64. The minimum atomic E-state index is -1.31. The summed E-state index contributed by atoms with van der Waals surface area (Å²) in [6.07, 6.45) is 4.45. The van der Waals surface area contributed by atoms with Gasteiger partial charge in [-0.05, 0) is 45.0 Å². The highest BCUT2D eigenvalue weighted by Crippen LogP contribution is 2.39. The number of fused-ring (bicyclic) bond motifs is 1. The predicted octanol–water partition coefficient (Wildman–Crippen LogP) is 3.05. The maximum atomic E-state index is 12.3. The number of nitrogens with one attached hydrogen (secondary N) is 1. The summed E-state index contributed by atoms with van der Waals surface area (Å²) in [6, 6.07) is 11.6. The second-order valence-electron chi connectivity index (χ2n) is 9.65. The van der Waals surface area contributed by atoms with Crippen LogP contribution in [0, 0.1) is 0 Å². The van der Waals surface area contributed by atoms with Crippen molar-refractivity contribution in [3.8, 4) is 28.6 Å². The molecule has 1 fully saturated rings. The van der Waals surface area contributed by atoms with Crippen LogP contribution in [0.5, 0.6) is 17.4 Å². The van der Waals surface area contributed by atoms with Gasteiger partial charge in [-0.2, -0.15) is 5.10 Å². The fraction of sp³-hybridized carbons (Fsp3) is 0.423. The van der Waals surface area contributed by atoms with E-state index in [-0.39, 0.29) is 5.91 Å². The Morgan fingerprint density at radius 2 is 2.03 bits per heavy atom. The van der Waals surface area contributed by atoms with Crippen LogP contribution in [0.3, 0.4) is 0 Å². The molecule has 3 aromatic rings. The number of aromatic nitrogens is 3. The molecule has 0 aliphatic carbocycles. The van der Waals surface area contributed by atoms with E-state index in [4.69, 9.17) is 9.47 Å². The van der Waals surface area contributed by atoms with E-state index in [1.54, 1.807) is 31.1 Å². The first-order valence-corrected chi connectivity index (χ1v) is 12.0. The molecule has 184 valence electrons. The maximum absolute atomic E-state index is 12.3. The molecular weight excluding hydrogens is 446 g/mol. The first-order chi connectivity index (χ1) is 16.9. The number of hydrogen-bond acceptors (Lipinski definition) is 7. The molecule has 2 N–H and O–H groups in total. The number of amides is 1. The minimum absolute atomic E-state index is 0.197. The smallest absolute Gasteiger partial charge is 0.254 e. The van der Waals surface area contributed by atoms with Crippen molar-refractivity contribution < 1.29 is 19.4 Å². The van der Waals surface area contributed by atoms with Gasteiger partial charge in [0.05, 0.1) is 12.3 Å². The molecule has 1 atom stereocenters. The Morgan fingerprint density at radius 1 is 1.20 bits per heavy atom. The number of aromatic amines is 1. The molecule has 2 aromatic heterocycles. The number of rotatable bonds is 7. The average Bonchev–Trinajstić information content (AvgIpc) is 3.53. The summed E-state index contributed by atoms with van der Waals surface area (Å²) in [5.41, 5.74) is 1.75. The molecule has 2 aliphatic heterocycles. The fourth-order valence-electron chi connectivity index (χ4n) is 4.60. The molecule has 1 saturated heterocycles. The van der Waals surface area contributed by atoms with Crippen LogP contribution in [0.25, 0.3) is 11.3 Å². The van der Waals surface area contributed by atoms with Gasteiger partial charge in [0.2, 0.25) is 5.88 Å². The third-order valence-corrected chi connectivity index (χ3v) is 6.61. The van der Waals surface area contributed by atoms with Gasteiger partial charge in [-0.1, -0.05) is 6.07 Å². The van der Waals surface area contributed by atoms with Crippen LogP contribution >= 0.6 is 0 Å². The molecule has 1 unspecified atom stereocenters. The minimum Gasteiger partial charge on any atom is -0.493 e. The average molecular weight is 478 g/mol. The number of benzene rings is 1. The van der Waals surface area contributed by atoms with Crippen molar-refractivity contribution in [2.24, 2.45) is 0 Å². The van der Waals surface area contributed by atoms with E-state index in [2.05, 4.69) is 26.1 Å². The zero-order chi connectivity index (χ0) is 24.4. The van der Waals surface area contributed by atoms with Crippen LogP contribution in [-0.4, -0.2) is 80.9 Å². The Kier molecular flexibility index (Phi) is 6.44. The Morgan fingerprint density at radius 3 is 2.71 bits per heavy atom. The van der Waals surface area contributed by atoms with E-state index >= 15 is 0 Å². The lowest BCUT2D eigenvalue weighted by Crippen LogP contribution is -2.54. The van der Waals surface area contributed by atoms with Gasteiger partial charge in [-0.25, -0.2) is 4.98 Å². The Labute approximate surface area is 204 Å². The molecular formula is C26H31N5O4. The lowest BCUT2D eigenvalue weighted by atomic mass is 9.97. The van der Waals surface area contributed by atoms with Gasteiger partial charge in [0.1, 0.15) is 17.1 Å². The molecule has 4 heterocycles. The highest BCUT2D eigenvalue weighted by atomic mass is 16.5. The fourth-order valence-corrected chi connectivity index (χ4v) is 4.60. The van der Waals surface area contributed by atoms with E-state index in [9.17, 15) is 9.90 Å². The van der Waals surface area contributed by atoms with Crippen molar-refractivity contribution >= 4 is 5.91 Å². The second kappa shape index (κ2) is 9.67. The van der Waals surface area contributed by atoms with Gasteiger partial charge in [0.25, 0.3) is 5.91 Å². The number of aliphatic hydroxyl groups is 1. The van der Waals surface area contributed by atoms with Gasteiger partial charge >= 0.3 is 0 Å². The van der Waals surface area contributed by atoms with Crippen molar-refractivity contribution in [3.63, 3.8) is 0 Å². The molecule has 0 radical (unpaired) electrons. The summed E-state index contributed by atoms with van der Waals surface area (Å²) >= 11 is 0. The van der Waals surface area contributed by atoms with E-state index in [0.29, 0.717) is 37.2 Å². The standard InChI is InChI=1S/C26H31N5O4/c1-26(2,33)25(32)31-13-11-30(12-14-31)10-8-19-17-34-23-15-20(4-5-21(19)23)35-24-6-3-18(16-27-24)22-7-9-28-29-22/h3-7,9,15-16,19,33H,8,10-14,17H2,1-2H3,(H,28,29). The van der Waals surface area contributed by atoms with Gasteiger partial charge in [-0.3, -0.25) is 14.8 Å². The quantitative estimate of drug-likeness (QED) is 0.539. The van der Waals surface area contributed by atoms with Crippen molar-refractivity contribution in [1.82, 2.24) is 25.0 Å². The molecule has 1 amide bonds. The van der Waals surface area contributed by atoms with Crippen LogP contribution in [0.4, 0.5) is 0 Å². The zero-order valence-electron chi connectivity index (χ0n) is 20.1. The largest absolute Gasteiger partial charge is 0.493 e. The monoisotopic (exact) mass is 477 g/mol. The zero-order valence-corrected chi connectivity index (χ0v) is 20.1. The summed E-state index contributed by atoms with van der Waals surface area (Å²) in [4.78, 5) is 20.8. The molecule has 2 aliphatic rings. The Balaban J connectivity index is 1.13. The van der Waals surface area contributed by atoms with E-state index in [0.717, 1.165) is 43.1 Å². The molecule has 0 bridgehead atoms. The number of carbonyl (C=O) groups is 1. The summed E-state index contributed by atoms with van der Waals surface area (Å²) in [7, 11) is 0. The van der Waals surface area contributed by atoms with Crippen molar-refractivity contribution in [2.75, 3.05) is 39.3 Å². The lowest BCUT2D eigenvalue weighted by molar-refractivity contribution is -0.149. The van der Waals surface area contributed by atoms with Crippen molar-refractivity contribution in [1.29, 1.82) is 0 Å². The van der Waals surface area contributed by atoms with Gasteiger partial charge in [0, 0.05) is 67.8 Å². The SMILES string of the molecule is CC(C)(O)C(=O)N1CCN(CCC2COc3cc(Oc4ccc(-c5ccn[nH]5)cn4)ccc32)CC1. The predicted molar refractivity (Wildman–Crippen MR) is 131 cm³/mol. The molecule has 9 heteroatoms. The van der Waals surface area contributed by atoms with E-state index < -0.39 is 5.60 Å². The number of nitrogens with zero attached hydrogens (tertiary/aromatic N) is 4. The number of ether oxygens (including phenoxy) is 2. The third-order valence-electron chi connectivity index (χ3n) is 6.61. The Hall–Kier alpha value is -3.43. The highest BCUT2D eigenvalue weighted by molar-refractivity contribution is 5.84. The Bertz CT molecular complexity index is 1150.